The Labute approximate surface area is 111 Å². The number of allylic oxidation sites excluding steroid dienone is 1. The summed E-state index contributed by atoms with van der Waals surface area (Å²) in [6.07, 6.45) is 9.33. The average molecular weight is 254 g/mol. The van der Waals surface area contributed by atoms with E-state index in [9.17, 15) is 4.79 Å². The molecule has 0 unspecified atom stereocenters. The standard InChI is InChI=1S/C15H26O3/c1-12(2)10-11-18-15(16)9-6-13-4-7-14(17-3)8-5-13/h6,9,12-14H,4-5,7-8,10-11H2,1-3H3/b9-6+. The maximum atomic E-state index is 11.5. The fourth-order valence-corrected chi connectivity index (χ4v) is 2.17. The molecule has 0 amide bonds. The van der Waals surface area contributed by atoms with Gasteiger partial charge in [-0.3, -0.25) is 0 Å². The van der Waals surface area contributed by atoms with E-state index in [1.807, 2.05) is 6.08 Å². The maximum absolute atomic E-state index is 11.5. The van der Waals surface area contributed by atoms with E-state index in [1.165, 1.54) is 0 Å². The van der Waals surface area contributed by atoms with E-state index in [-0.39, 0.29) is 5.97 Å². The monoisotopic (exact) mass is 254 g/mol. The molecule has 0 bridgehead atoms. The zero-order valence-corrected chi connectivity index (χ0v) is 11.9. The summed E-state index contributed by atoms with van der Waals surface area (Å²) in [7, 11) is 1.77. The molecular weight excluding hydrogens is 228 g/mol. The number of rotatable bonds is 6. The van der Waals surface area contributed by atoms with Gasteiger partial charge in [-0.15, -0.1) is 0 Å². The maximum Gasteiger partial charge on any atom is 0.330 e. The number of methoxy groups -OCH3 is 1. The van der Waals surface area contributed by atoms with Crippen molar-refractivity contribution in [1.82, 2.24) is 0 Å². The minimum absolute atomic E-state index is 0.204. The van der Waals surface area contributed by atoms with Crippen LogP contribution in [0.1, 0.15) is 46.0 Å². The Morgan fingerprint density at radius 2 is 1.94 bits per heavy atom. The molecule has 0 heterocycles. The second-order valence-corrected chi connectivity index (χ2v) is 5.48. The molecule has 0 aromatic heterocycles. The third-order valence-electron chi connectivity index (χ3n) is 3.50. The van der Waals surface area contributed by atoms with Crippen LogP contribution >= 0.6 is 0 Å². The van der Waals surface area contributed by atoms with Crippen LogP contribution < -0.4 is 0 Å². The van der Waals surface area contributed by atoms with Crippen molar-refractivity contribution in [2.75, 3.05) is 13.7 Å². The third-order valence-corrected chi connectivity index (χ3v) is 3.50. The van der Waals surface area contributed by atoms with E-state index in [4.69, 9.17) is 9.47 Å². The minimum Gasteiger partial charge on any atom is -0.463 e. The first-order valence-electron chi connectivity index (χ1n) is 6.99. The highest BCUT2D eigenvalue weighted by atomic mass is 16.5. The number of carbonyl (C=O) groups is 1. The Bertz CT molecular complexity index is 263. The van der Waals surface area contributed by atoms with E-state index < -0.39 is 0 Å². The van der Waals surface area contributed by atoms with Gasteiger partial charge in [-0.25, -0.2) is 4.79 Å². The highest BCUT2D eigenvalue weighted by Gasteiger charge is 2.18. The van der Waals surface area contributed by atoms with Crippen molar-refractivity contribution in [2.24, 2.45) is 11.8 Å². The molecule has 1 rings (SSSR count). The fourth-order valence-electron chi connectivity index (χ4n) is 2.17. The van der Waals surface area contributed by atoms with Crippen molar-refractivity contribution in [3.05, 3.63) is 12.2 Å². The third kappa shape index (κ3) is 6.20. The average Bonchev–Trinajstić information content (AvgIpc) is 2.36. The summed E-state index contributed by atoms with van der Waals surface area (Å²) in [5.74, 6) is 0.879. The van der Waals surface area contributed by atoms with E-state index in [0.717, 1.165) is 32.1 Å². The molecule has 1 aliphatic rings. The second kappa shape index (κ2) is 8.30. The van der Waals surface area contributed by atoms with Gasteiger partial charge in [0, 0.05) is 13.2 Å². The number of ether oxygens (including phenoxy) is 2. The van der Waals surface area contributed by atoms with E-state index in [2.05, 4.69) is 13.8 Å². The fraction of sp³-hybridized carbons (Fsp3) is 0.800. The lowest BCUT2D eigenvalue weighted by Gasteiger charge is -2.25. The smallest absolute Gasteiger partial charge is 0.330 e. The molecular formula is C15H26O3. The molecule has 18 heavy (non-hydrogen) atoms. The first kappa shape index (κ1) is 15.2. The van der Waals surface area contributed by atoms with Gasteiger partial charge in [0.2, 0.25) is 0 Å². The molecule has 3 heteroatoms. The normalized spacial score (nSPS) is 24.7. The Balaban J connectivity index is 2.17. The van der Waals surface area contributed by atoms with Gasteiger partial charge in [-0.2, -0.15) is 0 Å². The number of esters is 1. The lowest BCUT2D eigenvalue weighted by atomic mass is 9.87. The van der Waals surface area contributed by atoms with Crippen LogP contribution in [-0.4, -0.2) is 25.8 Å². The molecule has 0 saturated heterocycles. The minimum atomic E-state index is -0.204. The van der Waals surface area contributed by atoms with Crippen LogP contribution in [0.2, 0.25) is 0 Å². The predicted octanol–water partition coefficient (Wildman–Crippen LogP) is 3.34. The van der Waals surface area contributed by atoms with Gasteiger partial charge < -0.3 is 9.47 Å². The first-order valence-corrected chi connectivity index (χ1v) is 6.99. The molecule has 104 valence electrons. The molecule has 0 radical (unpaired) electrons. The number of hydrogen-bond donors (Lipinski definition) is 0. The van der Waals surface area contributed by atoms with Crippen LogP contribution in [0.25, 0.3) is 0 Å². The Morgan fingerprint density at radius 3 is 2.50 bits per heavy atom. The van der Waals surface area contributed by atoms with Crippen LogP contribution in [0.5, 0.6) is 0 Å². The molecule has 0 atom stereocenters. The van der Waals surface area contributed by atoms with Gasteiger partial charge in [0.1, 0.15) is 0 Å². The Kier molecular flexibility index (Phi) is 7.02. The van der Waals surface area contributed by atoms with Gasteiger partial charge in [-0.05, 0) is 43.9 Å². The molecule has 0 aromatic carbocycles. The van der Waals surface area contributed by atoms with E-state index in [1.54, 1.807) is 13.2 Å². The molecule has 1 fully saturated rings. The quantitative estimate of drug-likeness (QED) is 0.538. The summed E-state index contributed by atoms with van der Waals surface area (Å²) in [4.78, 5) is 11.5. The zero-order valence-electron chi connectivity index (χ0n) is 11.9. The molecule has 0 aromatic rings. The molecule has 0 spiro atoms. The lowest BCUT2D eigenvalue weighted by molar-refractivity contribution is -0.138. The molecule has 0 aliphatic heterocycles. The second-order valence-electron chi connectivity index (χ2n) is 5.48. The van der Waals surface area contributed by atoms with Gasteiger partial charge in [-0.1, -0.05) is 19.9 Å². The van der Waals surface area contributed by atoms with Crippen molar-refractivity contribution in [2.45, 2.75) is 52.1 Å². The highest BCUT2D eigenvalue weighted by Crippen LogP contribution is 2.26. The number of hydrogen-bond acceptors (Lipinski definition) is 3. The highest BCUT2D eigenvalue weighted by molar-refractivity contribution is 5.81. The van der Waals surface area contributed by atoms with E-state index >= 15 is 0 Å². The Morgan fingerprint density at radius 1 is 1.28 bits per heavy atom. The first-order chi connectivity index (χ1) is 8.61. The summed E-state index contributed by atoms with van der Waals surface area (Å²) in [6, 6.07) is 0. The van der Waals surface area contributed by atoms with E-state index in [0.29, 0.717) is 24.5 Å². The van der Waals surface area contributed by atoms with Crippen molar-refractivity contribution in [3.63, 3.8) is 0 Å². The largest absolute Gasteiger partial charge is 0.463 e. The van der Waals surface area contributed by atoms with Crippen LogP contribution in [-0.2, 0) is 14.3 Å². The summed E-state index contributed by atoms with van der Waals surface area (Å²) in [6.45, 7) is 4.77. The van der Waals surface area contributed by atoms with Crippen LogP contribution in [0.3, 0.4) is 0 Å². The van der Waals surface area contributed by atoms with Crippen molar-refractivity contribution in [3.8, 4) is 0 Å². The van der Waals surface area contributed by atoms with Gasteiger partial charge in [0.05, 0.1) is 12.7 Å². The van der Waals surface area contributed by atoms with Crippen molar-refractivity contribution >= 4 is 5.97 Å². The predicted molar refractivity (Wildman–Crippen MR) is 72.3 cm³/mol. The molecule has 3 nitrogen and oxygen atoms in total. The molecule has 0 N–H and O–H groups in total. The van der Waals surface area contributed by atoms with Crippen molar-refractivity contribution < 1.29 is 14.3 Å². The topological polar surface area (TPSA) is 35.5 Å². The van der Waals surface area contributed by atoms with Crippen LogP contribution in [0, 0.1) is 11.8 Å². The van der Waals surface area contributed by atoms with Crippen LogP contribution in [0.15, 0.2) is 12.2 Å². The summed E-state index contributed by atoms with van der Waals surface area (Å²) < 4.78 is 10.5. The zero-order chi connectivity index (χ0) is 13.4. The lowest BCUT2D eigenvalue weighted by Crippen LogP contribution is -2.19. The van der Waals surface area contributed by atoms with Crippen molar-refractivity contribution in [1.29, 1.82) is 0 Å². The SMILES string of the molecule is COC1CCC(/C=C/C(=O)OCCC(C)C)CC1. The van der Waals surface area contributed by atoms with Crippen LogP contribution in [0.4, 0.5) is 0 Å². The molecule has 1 aliphatic carbocycles. The molecule has 1 saturated carbocycles. The summed E-state index contributed by atoms with van der Waals surface area (Å²) in [5.41, 5.74) is 0. The Hall–Kier alpha value is -0.830. The van der Waals surface area contributed by atoms with Gasteiger partial charge in [0.15, 0.2) is 0 Å². The summed E-state index contributed by atoms with van der Waals surface area (Å²) >= 11 is 0. The number of carbonyl (C=O) groups excluding carboxylic acids is 1. The van der Waals surface area contributed by atoms with Gasteiger partial charge >= 0.3 is 5.97 Å². The summed E-state index contributed by atoms with van der Waals surface area (Å²) in [5, 5.41) is 0. The van der Waals surface area contributed by atoms with Gasteiger partial charge in [0.25, 0.3) is 0 Å².